The molecule has 4 amide bonds. The van der Waals surface area contributed by atoms with Crippen LogP contribution < -0.4 is 50.4 Å². The summed E-state index contributed by atoms with van der Waals surface area (Å²) in [7, 11) is 0. The highest BCUT2D eigenvalue weighted by Crippen LogP contribution is 2.06. The first-order valence-corrected chi connectivity index (χ1v) is 11.6. The highest BCUT2D eigenvalue weighted by Gasteiger charge is 2.31. The Hall–Kier alpha value is -4.19. The summed E-state index contributed by atoms with van der Waals surface area (Å²) in [4.78, 5) is 68.4. The standard InChI is InChI=1S/C20H39N11O7/c1-9(32)14(18(37)38)31-17(36)12(5-3-7-28-20(25)26)30-16(35)11(4-2-6-27-19(23)24)29-15(34)10(21)8-13(22)33/h9-12,14,32H,2-8,21H2,1H3,(H2,22,33)(H,29,34)(H,30,35)(H,31,36)(H,37,38)(H4,23,24,27)(H4,25,26,28). The molecule has 0 aromatic heterocycles. The van der Waals surface area contributed by atoms with Crippen molar-refractivity contribution in [3.05, 3.63) is 0 Å². The molecule has 0 saturated heterocycles. The van der Waals surface area contributed by atoms with Gasteiger partial charge in [-0.05, 0) is 32.6 Å². The summed E-state index contributed by atoms with van der Waals surface area (Å²) in [6.07, 6.45) is -1.51. The van der Waals surface area contributed by atoms with Crippen LogP contribution in [-0.2, 0) is 24.0 Å². The Balaban J connectivity index is 5.75. The first-order valence-electron chi connectivity index (χ1n) is 11.6. The van der Waals surface area contributed by atoms with E-state index in [0.29, 0.717) is 0 Å². The molecule has 0 bridgehead atoms. The van der Waals surface area contributed by atoms with Crippen molar-refractivity contribution < 1.29 is 34.2 Å². The first kappa shape index (κ1) is 33.8. The fourth-order valence-electron chi connectivity index (χ4n) is 3.05. The number of aliphatic carboxylic acids is 1. The Morgan fingerprint density at radius 2 is 1.18 bits per heavy atom. The maximum atomic E-state index is 13.1. The van der Waals surface area contributed by atoms with E-state index >= 15 is 0 Å². The quantitative estimate of drug-likeness (QED) is 0.0435. The average Bonchev–Trinajstić information content (AvgIpc) is 2.79. The van der Waals surface area contributed by atoms with Gasteiger partial charge in [0, 0.05) is 13.1 Å². The van der Waals surface area contributed by atoms with Crippen LogP contribution in [0.1, 0.15) is 39.0 Å². The summed E-state index contributed by atoms with van der Waals surface area (Å²) in [6.45, 7) is 1.39. The second-order valence-electron chi connectivity index (χ2n) is 8.36. The number of carboxylic acids is 1. The minimum Gasteiger partial charge on any atom is -0.480 e. The van der Waals surface area contributed by atoms with Crippen LogP contribution in [0.5, 0.6) is 0 Å². The highest BCUT2D eigenvalue weighted by molar-refractivity contribution is 5.95. The molecule has 0 heterocycles. The lowest BCUT2D eigenvalue weighted by atomic mass is 10.1. The Kier molecular flexibility index (Phi) is 15.4. The lowest BCUT2D eigenvalue weighted by Crippen LogP contribution is -2.58. The van der Waals surface area contributed by atoms with Crippen molar-refractivity contribution in [1.82, 2.24) is 16.0 Å². The van der Waals surface area contributed by atoms with E-state index in [4.69, 9.17) is 34.4 Å². The molecule has 38 heavy (non-hydrogen) atoms. The summed E-state index contributed by atoms with van der Waals surface area (Å²) in [5, 5.41) is 26.0. The third-order valence-electron chi connectivity index (χ3n) is 4.96. The van der Waals surface area contributed by atoms with Crippen LogP contribution in [0, 0.1) is 0 Å². The molecule has 0 fully saturated rings. The number of carbonyl (C=O) groups is 5. The first-order chi connectivity index (χ1) is 17.6. The van der Waals surface area contributed by atoms with Crippen molar-refractivity contribution in [2.24, 2.45) is 44.4 Å². The molecule has 0 radical (unpaired) electrons. The average molecular weight is 546 g/mol. The van der Waals surface area contributed by atoms with E-state index < -0.39 is 66.3 Å². The summed E-state index contributed by atoms with van der Waals surface area (Å²) < 4.78 is 0. The Morgan fingerprint density at radius 1 is 0.763 bits per heavy atom. The highest BCUT2D eigenvalue weighted by atomic mass is 16.4. The minimum atomic E-state index is -1.65. The van der Waals surface area contributed by atoms with Crippen LogP contribution in [0.4, 0.5) is 0 Å². The third-order valence-corrected chi connectivity index (χ3v) is 4.96. The Labute approximate surface area is 219 Å². The van der Waals surface area contributed by atoms with Gasteiger partial charge in [0.15, 0.2) is 18.0 Å². The zero-order chi connectivity index (χ0) is 29.4. The van der Waals surface area contributed by atoms with E-state index in [1.165, 1.54) is 6.92 Å². The molecule has 0 aromatic rings. The summed E-state index contributed by atoms with van der Waals surface area (Å²) in [6, 6.07) is -5.52. The second kappa shape index (κ2) is 17.3. The molecular formula is C20H39N11O7. The van der Waals surface area contributed by atoms with Crippen LogP contribution in [0.25, 0.3) is 0 Å². The van der Waals surface area contributed by atoms with Crippen LogP contribution in [0.3, 0.4) is 0 Å². The van der Waals surface area contributed by atoms with E-state index in [1.54, 1.807) is 0 Å². The molecule has 17 N–H and O–H groups in total. The molecule has 18 heteroatoms. The van der Waals surface area contributed by atoms with Gasteiger partial charge in [0.25, 0.3) is 0 Å². The van der Waals surface area contributed by atoms with E-state index in [2.05, 4.69) is 25.9 Å². The molecule has 5 unspecified atom stereocenters. The molecular weight excluding hydrogens is 506 g/mol. The number of amides is 4. The summed E-state index contributed by atoms with van der Waals surface area (Å²) in [5.74, 6) is -5.27. The number of hydrogen-bond acceptors (Lipinski definition) is 9. The van der Waals surface area contributed by atoms with Crippen LogP contribution in [0.2, 0.25) is 0 Å². The lowest BCUT2D eigenvalue weighted by molar-refractivity contribution is -0.145. The fraction of sp³-hybridized carbons (Fsp3) is 0.650. The number of guanidine groups is 2. The van der Waals surface area contributed by atoms with Crippen LogP contribution in [0.15, 0.2) is 9.98 Å². The van der Waals surface area contributed by atoms with Gasteiger partial charge in [-0.1, -0.05) is 0 Å². The van der Waals surface area contributed by atoms with E-state index in [0.717, 1.165) is 0 Å². The van der Waals surface area contributed by atoms with Crippen molar-refractivity contribution in [3.8, 4) is 0 Å². The molecule has 0 aliphatic carbocycles. The van der Waals surface area contributed by atoms with E-state index in [9.17, 15) is 34.2 Å². The zero-order valence-corrected chi connectivity index (χ0v) is 21.1. The molecule has 0 aliphatic heterocycles. The van der Waals surface area contributed by atoms with Crippen LogP contribution in [-0.4, -0.2) is 95.1 Å². The van der Waals surface area contributed by atoms with Gasteiger partial charge in [0.1, 0.15) is 12.1 Å². The number of hydrogen-bond donors (Lipinski definition) is 11. The van der Waals surface area contributed by atoms with Gasteiger partial charge in [-0.15, -0.1) is 0 Å². The number of nitrogens with two attached hydrogens (primary N) is 6. The minimum absolute atomic E-state index is 0.00537. The molecule has 18 nitrogen and oxygen atoms in total. The van der Waals surface area contributed by atoms with Gasteiger partial charge < -0.3 is 60.6 Å². The molecule has 0 saturated carbocycles. The van der Waals surface area contributed by atoms with E-state index in [-0.39, 0.29) is 50.7 Å². The third kappa shape index (κ3) is 14.4. The number of carbonyl (C=O) groups excluding carboxylic acids is 4. The molecule has 5 atom stereocenters. The van der Waals surface area contributed by atoms with Gasteiger partial charge >= 0.3 is 5.97 Å². The summed E-state index contributed by atoms with van der Waals surface area (Å²) in [5.41, 5.74) is 31.8. The number of nitrogens with zero attached hydrogens (tertiary/aromatic N) is 2. The predicted octanol–water partition coefficient (Wildman–Crippen LogP) is -5.78. The van der Waals surface area contributed by atoms with Gasteiger partial charge in [0.2, 0.25) is 23.6 Å². The molecule has 0 spiro atoms. The smallest absolute Gasteiger partial charge is 0.328 e. The van der Waals surface area contributed by atoms with E-state index in [1.807, 2.05) is 0 Å². The SMILES string of the molecule is CC(O)C(NC(=O)C(CCCN=C(N)N)NC(=O)C(CCCN=C(N)N)NC(=O)C(N)CC(N)=O)C(=O)O. The maximum absolute atomic E-state index is 13.1. The normalized spacial score (nSPS) is 14.5. The van der Waals surface area contributed by atoms with Gasteiger partial charge in [-0.2, -0.15) is 0 Å². The Bertz CT molecular complexity index is 887. The number of aliphatic imine (C=N–C) groups is 2. The fourth-order valence-corrected chi connectivity index (χ4v) is 3.05. The molecule has 0 aromatic carbocycles. The Morgan fingerprint density at radius 3 is 1.55 bits per heavy atom. The number of carboxylic acid groups (broad SMARTS) is 1. The van der Waals surface area contributed by atoms with Gasteiger partial charge in [-0.25, -0.2) is 4.79 Å². The van der Waals surface area contributed by atoms with Crippen molar-refractivity contribution in [2.75, 3.05) is 13.1 Å². The van der Waals surface area contributed by atoms with Crippen molar-refractivity contribution in [2.45, 2.75) is 69.3 Å². The molecule has 216 valence electrons. The lowest BCUT2D eigenvalue weighted by Gasteiger charge is -2.25. The number of nitrogens with one attached hydrogen (secondary N) is 3. The monoisotopic (exact) mass is 545 g/mol. The maximum Gasteiger partial charge on any atom is 0.328 e. The number of aliphatic hydroxyl groups is 1. The van der Waals surface area contributed by atoms with Crippen molar-refractivity contribution >= 4 is 41.5 Å². The predicted molar refractivity (Wildman–Crippen MR) is 137 cm³/mol. The van der Waals surface area contributed by atoms with Crippen molar-refractivity contribution in [1.29, 1.82) is 0 Å². The van der Waals surface area contributed by atoms with Gasteiger partial charge in [-0.3, -0.25) is 29.2 Å². The number of primary amides is 1. The zero-order valence-electron chi connectivity index (χ0n) is 21.1. The largest absolute Gasteiger partial charge is 0.480 e. The van der Waals surface area contributed by atoms with Crippen LogP contribution >= 0.6 is 0 Å². The molecule has 0 aliphatic rings. The second-order valence-corrected chi connectivity index (χ2v) is 8.36. The number of aliphatic hydroxyl groups excluding tert-OH is 1. The molecule has 0 rings (SSSR count). The summed E-state index contributed by atoms with van der Waals surface area (Å²) >= 11 is 0. The topological polar surface area (TPSA) is 343 Å². The van der Waals surface area contributed by atoms with Gasteiger partial charge in [0.05, 0.1) is 18.6 Å². The number of rotatable bonds is 18. The van der Waals surface area contributed by atoms with Crippen molar-refractivity contribution in [3.63, 3.8) is 0 Å².